The first-order chi connectivity index (χ1) is 5.68. The molecule has 1 rings (SSSR count). The van der Waals surface area contributed by atoms with Gasteiger partial charge in [-0.05, 0) is 4.34 Å². The number of aromatic nitrogens is 2. The van der Waals surface area contributed by atoms with Crippen molar-refractivity contribution in [1.82, 2.24) is 10.2 Å². The van der Waals surface area contributed by atoms with Crippen LogP contribution < -0.4 is 0 Å². The van der Waals surface area contributed by atoms with Crippen molar-refractivity contribution >= 4 is 41.7 Å². The molecule has 7 heteroatoms. The minimum Gasteiger partial charge on any atom is -0.481 e. The molecule has 1 N–H and O–H groups in total. The molecular formula is C5H5N2O2S3-. The molecule has 1 aromatic heterocycles. The maximum absolute atomic E-state index is 10.1. The lowest BCUT2D eigenvalue weighted by atomic mass is 10.5. The SMILES string of the molecule is O=C(O)CCSc1nnc([S-])s1. The first-order valence-electron chi connectivity index (χ1n) is 3.03. The minimum atomic E-state index is -0.800. The van der Waals surface area contributed by atoms with Crippen LogP contribution >= 0.6 is 23.1 Å². The molecule has 0 aliphatic carbocycles. The minimum absolute atomic E-state index is 0.136. The average Bonchev–Trinajstić information content (AvgIpc) is 2.35. The Kier molecular flexibility index (Phi) is 3.70. The second-order valence-electron chi connectivity index (χ2n) is 1.83. The number of nitrogens with zero attached hydrogens (tertiary/aromatic N) is 2. The summed E-state index contributed by atoms with van der Waals surface area (Å²) < 4.78 is 1.23. The quantitative estimate of drug-likeness (QED) is 0.605. The van der Waals surface area contributed by atoms with E-state index in [0.29, 0.717) is 10.1 Å². The van der Waals surface area contributed by atoms with Crippen LogP contribution in [0.15, 0.2) is 8.68 Å². The molecule has 0 unspecified atom stereocenters. The fraction of sp³-hybridized carbons (Fsp3) is 0.400. The van der Waals surface area contributed by atoms with Crippen molar-refractivity contribution in [2.24, 2.45) is 0 Å². The lowest BCUT2D eigenvalue weighted by Gasteiger charge is -1.94. The Morgan fingerprint density at radius 3 is 2.92 bits per heavy atom. The molecule has 0 aromatic carbocycles. The van der Waals surface area contributed by atoms with Gasteiger partial charge in [0.15, 0.2) is 0 Å². The summed E-state index contributed by atoms with van der Waals surface area (Å²) in [6.45, 7) is 0. The molecule has 12 heavy (non-hydrogen) atoms. The zero-order valence-electron chi connectivity index (χ0n) is 5.89. The summed E-state index contributed by atoms with van der Waals surface area (Å²) in [5.41, 5.74) is 0. The van der Waals surface area contributed by atoms with Crippen LogP contribution in [0, 0.1) is 0 Å². The van der Waals surface area contributed by atoms with Gasteiger partial charge in [0, 0.05) is 5.75 Å². The fourth-order valence-electron chi connectivity index (χ4n) is 0.481. The zero-order chi connectivity index (χ0) is 8.97. The molecule has 0 bridgehead atoms. The topological polar surface area (TPSA) is 63.1 Å². The van der Waals surface area contributed by atoms with Crippen molar-refractivity contribution < 1.29 is 9.90 Å². The van der Waals surface area contributed by atoms with Crippen LogP contribution in [0.3, 0.4) is 0 Å². The molecule has 0 fully saturated rings. The summed E-state index contributed by atoms with van der Waals surface area (Å²) >= 11 is 7.42. The number of carbonyl (C=O) groups is 1. The molecule has 4 nitrogen and oxygen atoms in total. The number of hydrogen-bond acceptors (Lipinski definition) is 6. The Balaban J connectivity index is 2.29. The van der Waals surface area contributed by atoms with Gasteiger partial charge in [0.2, 0.25) is 0 Å². The van der Waals surface area contributed by atoms with Crippen molar-refractivity contribution in [1.29, 1.82) is 0 Å². The van der Waals surface area contributed by atoms with E-state index in [-0.39, 0.29) is 6.42 Å². The molecule has 0 radical (unpaired) electrons. The highest BCUT2D eigenvalue weighted by Crippen LogP contribution is 2.22. The van der Waals surface area contributed by atoms with Crippen molar-refractivity contribution in [3.05, 3.63) is 0 Å². The van der Waals surface area contributed by atoms with Crippen LogP contribution in [0.1, 0.15) is 6.42 Å². The van der Waals surface area contributed by atoms with Gasteiger partial charge in [-0.3, -0.25) is 4.79 Å². The highest BCUT2D eigenvalue weighted by Gasteiger charge is 1.98. The van der Waals surface area contributed by atoms with E-state index in [2.05, 4.69) is 10.2 Å². The number of carboxylic acid groups (broad SMARTS) is 1. The molecule has 0 aliphatic rings. The lowest BCUT2D eigenvalue weighted by Crippen LogP contribution is -1.95. The Hall–Kier alpha value is -0.400. The third-order valence-corrected chi connectivity index (χ3v) is 3.11. The van der Waals surface area contributed by atoms with E-state index >= 15 is 0 Å². The van der Waals surface area contributed by atoms with Gasteiger partial charge in [-0.25, -0.2) is 0 Å². The summed E-state index contributed by atoms with van der Waals surface area (Å²) in [5, 5.41) is 15.7. The Morgan fingerprint density at radius 2 is 2.42 bits per heavy atom. The van der Waals surface area contributed by atoms with Gasteiger partial charge >= 0.3 is 5.97 Å². The van der Waals surface area contributed by atoms with E-state index in [4.69, 9.17) is 17.7 Å². The number of aliphatic carboxylic acids is 1. The molecule has 1 aromatic rings. The van der Waals surface area contributed by atoms with Crippen LogP contribution in [0.5, 0.6) is 0 Å². The van der Waals surface area contributed by atoms with E-state index in [1.54, 1.807) is 0 Å². The summed E-state index contributed by atoms with van der Waals surface area (Å²) in [5.74, 6) is -0.287. The number of rotatable bonds is 4. The van der Waals surface area contributed by atoms with Gasteiger partial charge < -0.3 is 29.1 Å². The molecule has 0 atom stereocenters. The fourth-order valence-corrected chi connectivity index (χ4v) is 2.50. The van der Waals surface area contributed by atoms with E-state index in [9.17, 15) is 4.79 Å². The van der Waals surface area contributed by atoms with E-state index in [1.165, 1.54) is 23.1 Å². The molecule has 66 valence electrons. The lowest BCUT2D eigenvalue weighted by molar-refractivity contribution is -0.136. The largest absolute Gasteiger partial charge is 0.481 e. The zero-order valence-corrected chi connectivity index (χ0v) is 8.34. The predicted molar refractivity (Wildman–Crippen MR) is 48.5 cm³/mol. The molecule has 1 heterocycles. The van der Waals surface area contributed by atoms with Crippen LogP contribution in [-0.4, -0.2) is 27.0 Å². The van der Waals surface area contributed by atoms with Gasteiger partial charge in [-0.2, -0.15) is 10.2 Å². The van der Waals surface area contributed by atoms with Crippen molar-refractivity contribution in [2.75, 3.05) is 5.75 Å². The number of hydrogen-bond donors (Lipinski definition) is 1. The first-order valence-corrected chi connectivity index (χ1v) is 5.24. The number of carboxylic acids is 1. The van der Waals surface area contributed by atoms with E-state index < -0.39 is 5.97 Å². The van der Waals surface area contributed by atoms with Gasteiger partial charge in [-0.15, -0.1) is 11.8 Å². The first kappa shape index (κ1) is 9.69. The van der Waals surface area contributed by atoms with Crippen LogP contribution in [0.4, 0.5) is 0 Å². The van der Waals surface area contributed by atoms with Gasteiger partial charge in [-0.1, -0.05) is 0 Å². The highest BCUT2D eigenvalue weighted by atomic mass is 32.2. The monoisotopic (exact) mass is 221 g/mol. The smallest absolute Gasteiger partial charge is 0.304 e. The van der Waals surface area contributed by atoms with Crippen LogP contribution in [-0.2, 0) is 17.4 Å². The van der Waals surface area contributed by atoms with Gasteiger partial charge in [0.05, 0.1) is 10.8 Å². The molecule has 0 amide bonds. The maximum atomic E-state index is 10.1. The van der Waals surface area contributed by atoms with Crippen molar-refractivity contribution in [3.63, 3.8) is 0 Å². The summed E-state index contributed by atoms with van der Waals surface area (Å²) in [6, 6.07) is 0. The molecule has 0 saturated carbocycles. The Labute approximate surface area is 82.8 Å². The Morgan fingerprint density at radius 1 is 1.67 bits per heavy atom. The predicted octanol–water partition coefficient (Wildman–Crippen LogP) is 1.01. The third-order valence-electron chi connectivity index (χ3n) is 0.929. The van der Waals surface area contributed by atoms with Crippen molar-refractivity contribution in [2.45, 2.75) is 15.1 Å². The van der Waals surface area contributed by atoms with E-state index in [0.717, 1.165) is 4.34 Å². The maximum Gasteiger partial charge on any atom is 0.304 e. The standard InChI is InChI=1S/C5H6N2O2S3/c8-3(9)1-2-11-5-7-6-4(10)12-5/h1-2H2,(H,6,10)(H,8,9)/p-1. The molecule has 0 spiro atoms. The summed E-state index contributed by atoms with van der Waals surface area (Å²) in [7, 11) is 0. The van der Waals surface area contributed by atoms with Crippen molar-refractivity contribution in [3.8, 4) is 0 Å². The second kappa shape index (κ2) is 4.58. The summed E-state index contributed by atoms with van der Waals surface area (Å²) in [6.07, 6.45) is 0.136. The number of thioether (sulfide) groups is 1. The van der Waals surface area contributed by atoms with Crippen LogP contribution in [0.25, 0.3) is 0 Å². The molecule has 0 aliphatic heterocycles. The summed E-state index contributed by atoms with van der Waals surface area (Å²) in [4.78, 5) is 10.1. The van der Waals surface area contributed by atoms with E-state index in [1.807, 2.05) is 0 Å². The van der Waals surface area contributed by atoms with Gasteiger partial charge in [0.1, 0.15) is 0 Å². The Bertz CT molecular complexity index is 275. The normalized spacial score (nSPS) is 10.0. The average molecular weight is 221 g/mol. The molecule has 0 saturated heterocycles. The van der Waals surface area contributed by atoms with Gasteiger partial charge in [0.25, 0.3) is 0 Å². The van der Waals surface area contributed by atoms with Crippen LogP contribution in [0.2, 0.25) is 0 Å². The second-order valence-corrected chi connectivity index (χ2v) is 4.79. The third kappa shape index (κ3) is 3.33. The highest BCUT2D eigenvalue weighted by molar-refractivity contribution is 8.01. The molecular weight excluding hydrogens is 216 g/mol.